The Morgan fingerprint density at radius 1 is 0.810 bits per heavy atom. The van der Waals surface area contributed by atoms with E-state index in [1.807, 2.05) is 48.6 Å². The molecule has 63 heavy (non-hydrogen) atoms. The van der Waals surface area contributed by atoms with Crippen LogP contribution in [0.15, 0.2) is 119 Å². The summed E-state index contributed by atoms with van der Waals surface area (Å²) < 4.78 is 30.8. The number of carbonyl (C=O) groups excluding carboxylic acids is 4. The van der Waals surface area contributed by atoms with Gasteiger partial charge in [-0.1, -0.05) is 59.7 Å². The van der Waals surface area contributed by atoms with Gasteiger partial charge < -0.3 is 19.3 Å². The standard InChI is InChI=1S/C49H40BrClFN3O8/c1-61-34-18-21-40(62-2)27(22-34)7-4-26-5-16-33(17-6-26)54-45(57)36-20-19-35-37(42(36)47(54)59)25-38-46(58)55(53-32-14-12-31(52)13-15-32)48(60)49(38,29-8-10-30(51)11-9-29)43(35)28-23-39(50)44(56)41(24-28)63-3/h4-19,21-24,36-38,42-43,53,56H,20,25H2,1-3H3/t36-,37+,38-,42-,43-,49+/m0/s1. The fourth-order valence-corrected chi connectivity index (χ4v) is 10.7. The number of carbonyl (C=O) groups is 4. The molecule has 5 aromatic carbocycles. The Hall–Kier alpha value is -6.44. The fourth-order valence-electron chi connectivity index (χ4n) is 10.1. The van der Waals surface area contributed by atoms with E-state index in [0.29, 0.717) is 44.6 Å². The smallest absolute Gasteiger partial charge is 0.260 e. The third-order valence-electron chi connectivity index (χ3n) is 12.9. The maximum atomic E-state index is 15.5. The molecule has 11 nitrogen and oxygen atoms in total. The number of aromatic hydroxyl groups is 1. The zero-order valence-corrected chi connectivity index (χ0v) is 36.5. The highest BCUT2D eigenvalue weighted by Crippen LogP contribution is 2.65. The van der Waals surface area contributed by atoms with Crippen molar-refractivity contribution >= 4 is 74.7 Å². The van der Waals surface area contributed by atoms with Crippen LogP contribution >= 0.6 is 27.5 Å². The first-order valence-electron chi connectivity index (χ1n) is 20.2. The highest BCUT2D eigenvalue weighted by Gasteiger charge is 2.70. The van der Waals surface area contributed by atoms with E-state index in [4.69, 9.17) is 25.8 Å². The summed E-state index contributed by atoms with van der Waals surface area (Å²) in [5, 5.41) is 12.4. The number of phenols is 1. The number of ether oxygens (including phenoxy) is 3. The summed E-state index contributed by atoms with van der Waals surface area (Å²) in [7, 11) is 4.59. The van der Waals surface area contributed by atoms with Gasteiger partial charge in [-0.3, -0.25) is 29.5 Å². The number of hydrogen-bond acceptors (Lipinski definition) is 9. The second kappa shape index (κ2) is 16.4. The zero-order chi connectivity index (χ0) is 44.3. The number of nitrogens with zero attached hydrogens (tertiary/aromatic N) is 2. The number of fused-ring (bicyclic) bond motifs is 4. The molecule has 2 aliphatic carbocycles. The first-order valence-corrected chi connectivity index (χ1v) is 21.4. The largest absolute Gasteiger partial charge is 0.503 e. The number of nitrogens with one attached hydrogen (secondary N) is 1. The van der Waals surface area contributed by atoms with Gasteiger partial charge in [-0.15, -0.1) is 0 Å². The summed E-state index contributed by atoms with van der Waals surface area (Å²) in [6.45, 7) is 0. The molecule has 14 heteroatoms. The van der Waals surface area contributed by atoms with Crippen LogP contribution < -0.4 is 24.5 Å². The predicted molar refractivity (Wildman–Crippen MR) is 239 cm³/mol. The van der Waals surface area contributed by atoms with E-state index >= 15 is 4.79 Å². The van der Waals surface area contributed by atoms with E-state index in [9.17, 15) is 23.9 Å². The minimum Gasteiger partial charge on any atom is -0.503 e. The van der Waals surface area contributed by atoms with E-state index in [-0.39, 0.29) is 34.7 Å². The topological polar surface area (TPSA) is 135 Å². The van der Waals surface area contributed by atoms with Gasteiger partial charge >= 0.3 is 0 Å². The molecule has 0 bridgehead atoms. The number of rotatable bonds is 10. The molecule has 4 amide bonds. The maximum Gasteiger partial charge on any atom is 0.260 e. The highest BCUT2D eigenvalue weighted by molar-refractivity contribution is 9.10. The van der Waals surface area contributed by atoms with Crippen LogP contribution in [0.5, 0.6) is 23.0 Å². The van der Waals surface area contributed by atoms with E-state index in [1.165, 1.54) is 36.3 Å². The van der Waals surface area contributed by atoms with Crippen molar-refractivity contribution < 1.29 is 42.9 Å². The summed E-state index contributed by atoms with van der Waals surface area (Å²) >= 11 is 9.90. The monoisotopic (exact) mass is 931 g/mol. The average molecular weight is 933 g/mol. The molecule has 9 rings (SSSR count). The molecule has 5 aromatic rings. The van der Waals surface area contributed by atoms with Gasteiger partial charge in [0.2, 0.25) is 11.8 Å². The Balaban J connectivity index is 1.13. The number of allylic oxidation sites excluding steroid dienone is 2. The lowest BCUT2D eigenvalue weighted by Gasteiger charge is -2.50. The van der Waals surface area contributed by atoms with Crippen molar-refractivity contribution in [2.24, 2.45) is 23.7 Å². The summed E-state index contributed by atoms with van der Waals surface area (Å²) in [4.78, 5) is 61.0. The number of hydrazine groups is 1. The van der Waals surface area contributed by atoms with Gasteiger partial charge in [0.1, 0.15) is 17.3 Å². The molecule has 2 aliphatic heterocycles. The summed E-state index contributed by atoms with van der Waals surface area (Å²) in [5.41, 5.74) is 5.41. The van der Waals surface area contributed by atoms with Crippen molar-refractivity contribution in [1.29, 1.82) is 0 Å². The molecule has 2 heterocycles. The van der Waals surface area contributed by atoms with Crippen LogP contribution in [0.1, 0.15) is 41.0 Å². The molecular formula is C49H40BrClFN3O8. The number of amides is 4. The minimum atomic E-state index is -1.62. The van der Waals surface area contributed by atoms with E-state index in [1.54, 1.807) is 62.8 Å². The van der Waals surface area contributed by atoms with Crippen molar-refractivity contribution in [2.45, 2.75) is 24.2 Å². The minimum absolute atomic E-state index is 0.0546. The number of methoxy groups -OCH3 is 3. The van der Waals surface area contributed by atoms with Crippen LogP contribution in [0.3, 0.4) is 0 Å². The maximum absolute atomic E-state index is 15.5. The molecule has 2 N–H and O–H groups in total. The molecule has 0 spiro atoms. The molecule has 0 unspecified atom stereocenters. The van der Waals surface area contributed by atoms with Gasteiger partial charge in [-0.05, 0) is 130 Å². The van der Waals surface area contributed by atoms with Gasteiger partial charge in [0.15, 0.2) is 11.5 Å². The number of anilines is 2. The lowest BCUT2D eigenvalue weighted by molar-refractivity contribution is -0.138. The van der Waals surface area contributed by atoms with Gasteiger partial charge in [-0.25, -0.2) is 4.39 Å². The summed E-state index contributed by atoms with van der Waals surface area (Å²) in [5.74, 6) is -5.27. The van der Waals surface area contributed by atoms with E-state index in [0.717, 1.165) is 16.1 Å². The van der Waals surface area contributed by atoms with Gasteiger partial charge in [0.25, 0.3) is 11.8 Å². The Kier molecular flexibility index (Phi) is 10.9. The SMILES string of the molecule is COc1ccc(OC)c(C=Cc2ccc(N3C(=O)[C@H]4[C@H](CC=C5[C@H]4C[C@H]4C(=O)N(Nc6ccc(F)cc6)C(=O)[C@@]4(c4ccc(Cl)cc4)[C@H]5c4cc(Br)c(O)c(OC)c4)C3=O)cc2)c1. The molecule has 0 radical (unpaired) electrons. The lowest BCUT2D eigenvalue weighted by atomic mass is 9.49. The van der Waals surface area contributed by atoms with Crippen LogP contribution in [0, 0.1) is 29.5 Å². The third-order valence-corrected chi connectivity index (χ3v) is 13.8. The molecule has 3 fully saturated rings. The highest BCUT2D eigenvalue weighted by atomic mass is 79.9. The number of benzene rings is 5. The number of halogens is 3. The van der Waals surface area contributed by atoms with Crippen molar-refractivity contribution in [3.8, 4) is 23.0 Å². The predicted octanol–water partition coefficient (Wildman–Crippen LogP) is 9.33. The average Bonchev–Trinajstić information content (AvgIpc) is 3.67. The van der Waals surface area contributed by atoms with Gasteiger partial charge in [0.05, 0.1) is 60.3 Å². The van der Waals surface area contributed by atoms with Crippen LogP contribution in [-0.4, -0.2) is 55.1 Å². The Labute approximate surface area is 375 Å². The quantitative estimate of drug-likeness (QED) is 0.0799. The third kappa shape index (κ3) is 6.85. The summed E-state index contributed by atoms with van der Waals surface area (Å²) in [6.07, 6.45) is 5.99. The normalized spacial score (nSPS) is 24.0. The lowest BCUT2D eigenvalue weighted by Crippen LogP contribution is -2.53. The van der Waals surface area contributed by atoms with Crippen molar-refractivity contribution in [2.75, 3.05) is 31.7 Å². The van der Waals surface area contributed by atoms with Crippen molar-refractivity contribution in [3.63, 3.8) is 0 Å². The van der Waals surface area contributed by atoms with Crippen LogP contribution in [0.25, 0.3) is 12.2 Å². The molecule has 320 valence electrons. The fraction of sp³-hybridized carbons (Fsp3) is 0.224. The molecule has 6 atom stereocenters. The van der Waals surface area contributed by atoms with Gasteiger partial charge in [-0.2, -0.15) is 5.01 Å². The zero-order valence-electron chi connectivity index (χ0n) is 34.2. The Morgan fingerprint density at radius 2 is 1.52 bits per heavy atom. The molecule has 2 saturated heterocycles. The molecule has 4 aliphatic rings. The number of imide groups is 2. The number of hydrogen-bond donors (Lipinski definition) is 2. The number of phenolic OH excluding ortho intramolecular Hbond substituents is 1. The first kappa shape index (κ1) is 41.9. The Morgan fingerprint density at radius 3 is 2.21 bits per heavy atom. The Bertz CT molecular complexity index is 2750. The molecule has 1 saturated carbocycles. The molecular weight excluding hydrogens is 893 g/mol. The summed E-state index contributed by atoms with van der Waals surface area (Å²) in [6, 6.07) is 28.0. The second-order valence-electron chi connectivity index (χ2n) is 16.0. The second-order valence-corrected chi connectivity index (χ2v) is 17.3. The van der Waals surface area contributed by atoms with E-state index in [2.05, 4.69) is 21.4 Å². The molecule has 0 aromatic heterocycles. The van der Waals surface area contributed by atoms with Gasteiger partial charge in [0, 0.05) is 16.5 Å². The van der Waals surface area contributed by atoms with Crippen LogP contribution in [0.2, 0.25) is 5.02 Å². The van der Waals surface area contributed by atoms with Crippen molar-refractivity contribution in [1.82, 2.24) is 5.01 Å². The van der Waals surface area contributed by atoms with E-state index < -0.39 is 58.5 Å². The van der Waals surface area contributed by atoms with Crippen LogP contribution in [0.4, 0.5) is 15.8 Å². The van der Waals surface area contributed by atoms with Crippen molar-refractivity contribution in [3.05, 3.63) is 152 Å². The van der Waals surface area contributed by atoms with Crippen LogP contribution in [-0.2, 0) is 24.6 Å². The first-order chi connectivity index (χ1) is 30.4.